The van der Waals surface area contributed by atoms with E-state index < -0.39 is 0 Å². The summed E-state index contributed by atoms with van der Waals surface area (Å²) in [4.78, 5) is 28.4. The first kappa shape index (κ1) is 20.2. The molecular weight excluding hydrogens is 392 g/mol. The Morgan fingerprint density at radius 2 is 1.60 bits per heavy atom. The van der Waals surface area contributed by atoms with Crippen molar-refractivity contribution in [3.63, 3.8) is 0 Å². The zero-order chi connectivity index (χ0) is 20.8. The van der Waals surface area contributed by atoms with E-state index in [-0.39, 0.29) is 23.6 Å². The fraction of sp³-hybridized carbons (Fsp3) is 0.200. The Morgan fingerprint density at radius 3 is 2.37 bits per heavy atom. The van der Waals surface area contributed by atoms with Crippen LogP contribution in [0.2, 0.25) is 0 Å². The van der Waals surface area contributed by atoms with E-state index in [0.29, 0.717) is 13.0 Å². The zero-order valence-corrected chi connectivity index (χ0v) is 17.5. The molecule has 4 rings (SSSR count). The summed E-state index contributed by atoms with van der Waals surface area (Å²) in [5.41, 5.74) is 3.11. The maximum Gasteiger partial charge on any atom is 0.240 e. The fourth-order valence-electron chi connectivity index (χ4n) is 3.60. The lowest BCUT2D eigenvalue weighted by atomic mass is 10.1. The van der Waals surface area contributed by atoms with Crippen molar-refractivity contribution in [2.24, 2.45) is 0 Å². The number of hydrogen-bond donors (Lipinski definition) is 1. The highest BCUT2D eigenvalue weighted by Crippen LogP contribution is 2.45. The van der Waals surface area contributed by atoms with Crippen LogP contribution in [0.15, 0.2) is 89.8 Å². The van der Waals surface area contributed by atoms with E-state index in [0.717, 1.165) is 22.6 Å². The highest BCUT2D eigenvalue weighted by Gasteiger charge is 2.30. The van der Waals surface area contributed by atoms with Crippen LogP contribution in [-0.2, 0) is 16.0 Å². The number of rotatable bonds is 6. The van der Waals surface area contributed by atoms with Crippen LogP contribution in [0.5, 0.6) is 0 Å². The van der Waals surface area contributed by atoms with Gasteiger partial charge in [0.2, 0.25) is 11.8 Å². The van der Waals surface area contributed by atoms with Gasteiger partial charge in [0.25, 0.3) is 0 Å². The van der Waals surface area contributed by atoms with Gasteiger partial charge in [0.05, 0.1) is 5.69 Å². The lowest BCUT2D eigenvalue weighted by Gasteiger charge is -2.22. The van der Waals surface area contributed by atoms with Crippen LogP contribution in [-0.4, -0.2) is 24.9 Å². The molecule has 1 aliphatic heterocycles. The van der Waals surface area contributed by atoms with E-state index in [2.05, 4.69) is 17.4 Å². The van der Waals surface area contributed by atoms with Crippen LogP contribution in [0.25, 0.3) is 0 Å². The molecule has 1 heterocycles. The van der Waals surface area contributed by atoms with E-state index in [1.807, 2.05) is 72.8 Å². The third kappa shape index (κ3) is 4.92. The standard InChI is InChI=1S/C25H24N2O2S/c28-24(26-16-15-19-9-3-1-4-10-19)18-27-21-13-7-8-14-22(21)30-23(17-25(27)29)20-11-5-2-6-12-20/h1-14,23H,15-18H2,(H,26,28)/t23-/m1/s1. The number of anilines is 1. The number of para-hydroxylation sites is 1. The maximum absolute atomic E-state index is 13.1. The molecule has 0 radical (unpaired) electrons. The first-order valence-electron chi connectivity index (χ1n) is 10.1. The van der Waals surface area contributed by atoms with Gasteiger partial charge in [-0.15, -0.1) is 11.8 Å². The molecule has 0 saturated carbocycles. The lowest BCUT2D eigenvalue weighted by Crippen LogP contribution is -2.41. The van der Waals surface area contributed by atoms with E-state index >= 15 is 0 Å². The second kappa shape index (κ2) is 9.63. The molecule has 3 aromatic rings. The molecule has 0 aromatic heterocycles. The van der Waals surface area contributed by atoms with Crippen molar-refractivity contribution in [1.29, 1.82) is 0 Å². The van der Waals surface area contributed by atoms with E-state index in [9.17, 15) is 9.59 Å². The Labute approximate surface area is 181 Å². The second-order valence-corrected chi connectivity index (χ2v) is 8.50. The van der Waals surface area contributed by atoms with Crippen molar-refractivity contribution in [3.05, 3.63) is 96.1 Å². The van der Waals surface area contributed by atoms with Gasteiger partial charge in [0, 0.05) is 23.1 Å². The molecule has 0 aliphatic carbocycles. The summed E-state index contributed by atoms with van der Waals surface area (Å²) in [6, 6.07) is 28.0. The van der Waals surface area contributed by atoms with Crippen LogP contribution < -0.4 is 10.2 Å². The van der Waals surface area contributed by atoms with Crippen molar-refractivity contribution < 1.29 is 9.59 Å². The summed E-state index contributed by atoms with van der Waals surface area (Å²) >= 11 is 1.69. The van der Waals surface area contributed by atoms with Crippen LogP contribution >= 0.6 is 11.8 Å². The third-order valence-electron chi connectivity index (χ3n) is 5.14. The third-order valence-corrected chi connectivity index (χ3v) is 6.46. The van der Waals surface area contributed by atoms with Gasteiger partial charge in [0.15, 0.2) is 0 Å². The Morgan fingerprint density at radius 1 is 0.933 bits per heavy atom. The van der Waals surface area contributed by atoms with Gasteiger partial charge in [-0.2, -0.15) is 0 Å². The molecule has 2 amide bonds. The molecule has 0 spiro atoms. The molecule has 0 fully saturated rings. The van der Waals surface area contributed by atoms with Gasteiger partial charge in [-0.3, -0.25) is 9.59 Å². The normalized spacial score (nSPS) is 15.9. The number of nitrogens with zero attached hydrogens (tertiary/aromatic N) is 1. The van der Waals surface area contributed by atoms with Crippen molar-refractivity contribution in [2.75, 3.05) is 18.0 Å². The van der Waals surface area contributed by atoms with Gasteiger partial charge >= 0.3 is 0 Å². The topological polar surface area (TPSA) is 49.4 Å². The van der Waals surface area contributed by atoms with Crippen molar-refractivity contribution in [2.45, 2.75) is 23.0 Å². The number of fused-ring (bicyclic) bond motifs is 1. The minimum atomic E-state index is -0.141. The van der Waals surface area contributed by atoms with Gasteiger partial charge in [0.1, 0.15) is 6.54 Å². The molecule has 5 heteroatoms. The summed E-state index contributed by atoms with van der Waals surface area (Å²) in [5.74, 6) is -0.170. The molecule has 0 saturated heterocycles. The SMILES string of the molecule is O=C(CN1C(=O)C[C@H](c2ccccc2)Sc2ccccc21)NCCc1ccccc1. The highest BCUT2D eigenvalue weighted by molar-refractivity contribution is 7.99. The predicted molar refractivity (Wildman–Crippen MR) is 122 cm³/mol. The number of carbonyl (C=O) groups excluding carboxylic acids is 2. The van der Waals surface area contributed by atoms with E-state index in [4.69, 9.17) is 0 Å². The Bertz CT molecular complexity index is 1010. The first-order chi connectivity index (χ1) is 14.7. The van der Waals surface area contributed by atoms with Crippen LogP contribution in [0.1, 0.15) is 22.8 Å². The van der Waals surface area contributed by atoms with Crippen LogP contribution in [0.3, 0.4) is 0 Å². The number of hydrogen-bond acceptors (Lipinski definition) is 3. The van der Waals surface area contributed by atoms with Crippen molar-refractivity contribution in [3.8, 4) is 0 Å². The summed E-state index contributed by atoms with van der Waals surface area (Å²) < 4.78 is 0. The average Bonchev–Trinajstić information content (AvgIpc) is 2.92. The summed E-state index contributed by atoms with van der Waals surface area (Å²) in [6.45, 7) is 0.584. The Balaban J connectivity index is 1.46. The molecule has 4 nitrogen and oxygen atoms in total. The van der Waals surface area contributed by atoms with Crippen molar-refractivity contribution in [1.82, 2.24) is 5.32 Å². The Kier molecular flexibility index (Phi) is 6.50. The van der Waals surface area contributed by atoms with E-state index in [1.54, 1.807) is 16.7 Å². The first-order valence-corrected chi connectivity index (χ1v) is 11.0. The summed E-state index contributed by atoms with van der Waals surface area (Å²) in [6.07, 6.45) is 1.13. The summed E-state index contributed by atoms with van der Waals surface area (Å²) in [5, 5.41) is 2.99. The van der Waals surface area contributed by atoms with Gasteiger partial charge < -0.3 is 10.2 Å². The number of thioether (sulfide) groups is 1. The number of amides is 2. The smallest absolute Gasteiger partial charge is 0.240 e. The van der Waals surface area contributed by atoms with Crippen LogP contribution in [0.4, 0.5) is 5.69 Å². The van der Waals surface area contributed by atoms with Gasteiger partial charge in [-0.05, 0) is 29.7 Å². The fourth-order valence-corrected chi connectivity index (χ4v) is 4.88. The minimum Gasteiger partial charge on any atom is -0.354 e. The van der Waals surface area contributed by atoms with Gasteiger partial charge in [-0.1, -0.05) is 72.8 Å². The average molecular weight is 417 g/mol. The molecule has 152 valence electrons. The quantitative estimate of drug-likeness (QED) is 0.638. The number of carbonyl (C=O) groups is 2. The molecular formula is C25H24N2O2S. The van der Waals surface area contributed by atoms with Crippen molar-refractivity contribution >= 4 is 29.3 Å². The monoisotopic (exact) mass is 416 g/mol. The molecule has 30 heavy (non-hydrogen) atoms. The molecule has 1 aliphatic rings. The molecule has 3 aromatic carbocycles. The number of benzene rings is 3. The highest BCUT2D eigenvalue weighted by atomic mass is 32.2. The molecule has 0 unspecified atom stereocenters. The molecule has 0 bridgehead atoms. The lowest BCUT2D eigenvalue weighted by molar-refractivity contribution is -0.123. The minimum absolute atomic E-state index is 0.0282. The number of nitrogens with one attached hydrogen (secondary N) is 1. The summed E-state index contributed by atoms with van der Waals surface area (Å²) in [7, 11) is 0. The Hall–Kier alpha value is -3.05. The second-order valence-electron chi connectivity index (χ2n) is 7.25. The van der Waals surface area contributed by atoms with Gasteiger partial charge in [-0.25, -0.2) is 0 Å². The maximum atomic E-state index is 13.1. The van der Waals surface area contributed by atoms with E-state index in [1.165, 1.54) is 5.56 Å². The molecule has 1 atom stereocenters. The largest absolute Gasteiger partial charge is 0.354 e. The van der Waals surface area contributed by atoms with Crippen LogP contribution in [0, 0.1) is 0 Å². The predicted octanol–water partition coefficient (Wildman–Crippen LogP) is 4.62. The molecule has 1 N–H and O–H groups in total. The zero-order valence-electron chi connectivity index (χ0n) is 16.7.